The van der Waals surface area contributed by atoms with E-state index in [1.54, 1.807) is 6.07 Å². The zero-order chi connectivity index (χ0) is 15.5. The molecule has 0 atom stereocenters. The van der Waals surface area contributed by atoms with E-state index >= 15 is 0 Å². The van der Waals surface area contributed by atoms with Crippen molar-refractivity contribution in [3.63, 3.8) is 0 Å². The van der Waals surface area contributed by atoms with Gasteiger partial charge < -0.3 is 15.2 Å². The molecule has 0 unspecified atom stereocenters. The minimum Gasteiger partial charge on any atom is -0.355 e. The van der Waals surface area contributed by atoms with Gasteiger partial charge >= 0.3 is 0 Å². The molecule has 1 aliphatic rings. The number of rotatable bonds is 4. The van der Waals surface area contributed by atoms with Gasteiger partial charge in [0.1, 0.15) is 11.6 Å². The molecule has 1 aromatic carbocycles. The SMILES string of the molecule is Cl.Cn1c(CCNC(=O)C2CCNCC2)nc2ccc(F)cc21. The first-order chi connectivity index (χ1) is 10.6. The number of carbonyl (C=O) groups is 1. The zero-order valence-corrected chi connectivity index (χ0v) is 14.0. The Kier molecular flexibility index (Phi) is 5.96. The third-order valence-electron chi connectivity index (χ3n) is 4.29. The van der Waals surface area contributed by atoms with Crippen LogP contribution in [0.1, 0.15) is 18.7 Å². The van der Waals surface area contributed by atoms with E-state index < -0.39 is 0 Å². The number of carbonyl (C=O) groups excluding carboxylic acids is 1. The summed E-state index contributed by atoms with van der Waals surface area (Å²) in [6.07, 6.45) is 2.44. The summed E-state index contributed by atoms with van der Waals surface area (Å²) in [6, 6.07) is 4.58. The molecule has 1 aromatic heterocycles. The number of aromatic nitrogens is 2. The summed E-state index contributed by atoms with van der Waals surface area (Å²) in [4.78, 5) is 16.6. The Hall–Kier alpha value is -1.66. The molecule has 1 amide bonds. The molecule has 23 heavy (non-hydrogen) atoms. The fraction of sp³-hybridized carbons (Fsp3) is 0.500. The van der Waals surface area contributed by atoms with Crippen LogP contribution < -0.4 is 10.6 Å². The largest absolute Gasteiger partial charge is 0.355 e. The third kappa shape index (κ3) is 4.00. The molecule has 0 aliphatic carbocycles. The summed E-state index contributed by atoms with van der Waals surface area (Å²) < 4.78 is 15.2. The maximum absolute atomic E-state index is 13.3. The number of nitrogens with one attached hydrogen (secondary N) is 2. The van der Waals surface area contributed by atoms with E-state index in [4.69, 9.17) is 0 Å². The number of imidazole rings is 1. The molecular weight excluding hydrogens is 319 g/mol. The summed E-state index contributed by atoms with van der Waals surface area (Å²) in [5, 5.41) is 6.24. The second-order valence-electron chi connectivity index (χ2n) is 5.79. The van der Waals surface area contributed by atoms with E-state index in [-0.39, 0.29) is 30.0 Å². The van der Waals surface area contributed by atoms with Crippen LogP contribution in [0, 0.1) is 11.7 Å². The van der Waals surface area contributed by atoms with E-state index in [1.807, 2.05) is 11.6 Å². The Morgan fingerprint density at radius 1 is 1.43 bits per heavy atom. The lowest BCUT2D eigenvalue weighted by Crippen LogP contribution is -2.38. The van der Waals surface area contributed by atoms with E-state index in [2.05, 4.69) is 15.6 Å². The number of nitrogens with zero attached hydrogens (tertiary/aromatic N) is 2. The summed E-state index contributed by atoms with van der Waals surface area (Å²) >= 11 is 0. The number of halogens is 2. The molecule has 1 saturated heterocycles. The van der Waals surface area contributed by atoms with E-state index in [0.717, 1.165) is 42.8 Å². The van der Waals surface area contributed by atoms with Gasteiger partial charge in [-0.1, -0.05) is 0 Å². The fourth-order valence-corrected chi connectivity index (χ4v) is 2.96. The van der Waals surface area contributed by atoms with Gasteiger partial charge in [-0.05, 0) is 44.1 Å². The molecule has 5 nitrogen and oxygen atoms in total. The molecule has 2 aromatic rings. The topological polar surface area (TPSA) is 59.0 Å². The van der Waals surface area contributed by atoms with E-state index in [1.165, 1.54) is 12.1 Å². The summed E-state index contributed by atoms with van der Waals surface area (Å²) in [5.74, 6) is 0.842. The molecule has 0 bridgehead atoms. The molecule has 0 radical (unpaired) electrons. The molecule has 0 spiro atoms. The minimum atomic E-state index is -0.263. The van der Waals surface area contributed by atoms with Gasteiger partial charge in [-0.25, -0.2) is 9.37 Å². The van der Waals surface area contributed by atoms with Gasteiger partial charge in [0.15, 0.2) is 0 Å². The second kappa shape index (κ2) is 7.75. The van der Waals surface area contributed by atoms with Crippen molar-refractivity contribution >= 4 is 29.3 Å². The van der Waals surface area contributed by atoms with Crippen molar-refractivity contribution in [2.75, 3.05) is 19.6 Å². The first kappa shape index (κ1) is 17.7. The molecule has 2 heterocycles. The smallest absolute Gasteiger partial charge is 0.223 e. The summed E-state index contributed by atoms with van der Waals surface area (Å²) in [5.41, 5.74) is 1.56. The molecular formula is C16H22ClFN4O. The molecule has 7 heteroatoms. The predicted molar refractivity (Wildman–Crippen MR) is 90.2 cm³/mol. The molecule has 0 saturated carbocycles. The average molecular weight is 341 g/mol. The van der Waals surface area contributed by atoms with Crippen molar-refractivity contribution in [2.24, 2.45) is 13.0 Å². The molecule has 126 valence electrons. The monoisotopic (exact) mass is 340 g/mol. The number of hydrogen-bond donors (Lipinski definition) is 2. The Balaban J connectivity index is 0.00000192. The first-order valence-electron chi connectivity index (χ1n) is 7.74. The number of hydrogen-bond acceptors (Lipinski definition) is 3. The third-order valence-corrected chi connectivity index (χ3v) is 4.29. The summed E-state index contributed by atoms with van der Waals surface area (Å²) in [7, 11) is 1.87. The number of amides is 1. The predicted octanol–water partition coefficient (Wildman–Crippen LogP) is 1.79. The molecule has 2 N–H and O–H groups in total. The maximum Gasteiger partial charge on any atom is 0.223 e. The van der Waals surface area contributed by atoms with E-state index in [9.17, 15) is 9.18 Å². The van der Waals surface area contributed by atoms with Crippen molar-refractivity contribution in [3.05, 3.63) is 29.8 Å². The van der Waals surface area contributed by atoms with Crippen LogP contribution >= 0.6 is 12.4 Å². The van der Waals surface area contributed by atoms with Gasteiger partial charge in [-0.15, -0.1) is 12.4 Å². The quantitative estimate of drug-likeness (QED) is 0.892. The fourth-order valence-electron chi connectivity index (χ4n) is 2.96. The average Bonchev–Trinajstić information content (AvgIpc) is 2.84. The lowest BCUT2D eigenvalue weighted by atomic mass is 9.97. The highest BCUT2D eigenvalue weighted by Gasteiger charge is 2.20. The van der Waals surface area contributed by atoms with Crippen LogP contribution in [0.2, 0.25) is 0 Å². The molecule has 3 rings (SSSR count). The van der Waals surface area contributed by atoms with E-state index in [0.29, 0.717) is 13.0 Å². The highest BCUT2D eigenvalue weighted by molar-refractivity contribution is 5.85. The van der Waals surface area contributed by atoms with Gasteiger partial charge in [-0.3, -0.25) is 4.79 Å². The van der Waals surface area contributed by atoms with Crippen LogP contribution in [-0.2, 0) is 18.3 Å². The van der Waals surface area contributed by atoms with Crippen molar-refractivity contribution in [2.45, 2.75) is 19.3 Å². The van der Waals surface area contributed by atoms with Crippen molar-refractivity contribution < 1.29 is 9.18 Å². The van der Waals surface area contributed by atoms with Gasteiger partial charge in [0.05, 0.1) is 11.0 Å². The van der Waals surface area contributed by atoms with Gasteiger partial charge in [0.25, 0.3) is 0 Å². The minimum absolute atomic E-state index is 0. The molecule has 1 aliphatic heterocycles. The number of piperidine rings is 1. The van der Waals surface area contributed by atoms with Crippen LogP contribution in [0.3, 0.4) is 0 Å². The number of fused-ring (bicyclic) bond motifs is 1. The number of benzene rings is 1. The zero-order valence-electron chi connectivity index (χ0n) is 13.1. The van der Waals surface area contributed by atoms with Gasteiger partial charge in [0.2, 0.25) is 5.91 Å². The summed E-state index contributed by atoms with van der Waals surface area (Å²) in [6.45, 7) is 2.38. The van der Waals surface area contributed by atoms with Crippen LogP contribution in [0.25, 0.3) is 11.0 Å². The van der Waals surface area contributed by atoms with Gasteiger partial charge in [-0.2, -0.15) is 0 Å². The first-order valence-corrected chi connectivity index (χ1v) is 7.74. The Morgan fingerprint density at radius 3 is 2.91 bits per heavy atom. The lowest BCUT2D eigenvalue weighted by Gasteiger charge is -2.21. The van der Waals surface area contributed by atoms with Crippen molar-refractivity contribution in [3.8, 4) is 0 Å². The van der Waals surface area contributed by atoms with Crippen LogP contribution in [0.15, 0.2) is 18.2 Å². The highest BCUT2D eigenvalue weighted by atomic mass is 35.5. The van der Waals surface area contributed by atoms with Crippen molar-refractivity contribution in [1.29, 1.82) is 0 Å². The number of aryl methyl sites for hydroxylation is 1. The second-order valence-corrected chi connectivity index (χ2v) is 5.79. The maximum atomic E-state index is 13.3. The Morgan fingerprint density at radius 2 is 2.17 bits per heavy atom. The standard InChI is InChI=1S/C16H21FN4O.ClH/c1-21-14-10-12(17)2-3-13(14)20-15(21)6-9-19-16(22)11-4-7-18-8-5-11;/h2-3,10-11,18H,4-9H2,1H3,(H,19,22);1H. The normalized spacial score (nSPS) is 15.4. The van der Waals surface area contributed by atoms with Crippen LogP contribution in [-0.4, -0.2) is 35.1 Å². The van der Waals surface area contributed by atoms with Crippen molar-refractivity contribution in [1.82, 2.24) is 20.2 Å². The van der Waals surface area contributed by atoms with Crippen LogP contribution in [0.4, 0.5) is 4.39 Å². The molecule has 1 fully saturated rings. The van der Waals surface area contributed by atoms with Gasteiger partial charge in [0, 0.05) is 25.9 Å². The Labute approximate surface area is 141 Å². The lowest BCUT2D eigenvalue weighted by molar-refractivity contribution is -0.125. The Bertz CT molecular complexity index is 682. The highest BCUT2D eigenvalue weighted by Crippen LogP contribution is 2.16. The van der Waals surface area contributed by atoms with Crippen LogP contribution in [0.5, 0.6) is 0 Å².